The molecule has 3 nitrogen and oxygen atoms in total. The molecule has 0 saturated heterocycles. The fourth-order valence-corrected chi connectivity index (χ4v) is 1.57. The van der Waals surface area contributed by atoms with Gasteiger partial charge in [0.25, 0.3) is 0 Å². The van der Waals surface area contributed by atoms with Gasteiger partial charge in [-0.15, -0.1) is 0 Å². The lowest BCUT2D eigenvalue weighted by atomic mass is 10.3. The van der Waals surface area contributed by atoms with Gasteiger partial charge in [-0.3, -0.25) is 10.1 Å². The van der Waals surface area contributed by atoms with Crippen molar-refractivity contribution in [2.75, 3.05) is 0 Å². The zero-order valence-corrected chi connectivity index (χ0v) is 9.30. The van der Waals surface area contributed by atoms with Gasteiger partial charge in [0.05, 0.1) is 13.0 Å². The smallest absolute Gasteiger partial charge is 0.258 e. The Hall–Kier alpha value is -0.240. The normalized spacial score (nSPS) is 9.92. The summed E-state index contributed by atoms with van der Waals surface area (Å²) in [6.07, 6.45) is 0. The fourth-order valence-electron chi connectivity index (χ4n) is 0.684. The topological polar surface area (TPSA) is 43.1 Å². The average molecular weight is 346 g/mol. The number of rotatable bonds is 1. The van der Waals surface area contributed by atoms with Crippen LogP contribution in [0, 0.1) is 19.5 Å². The first kappa shape index (κ1) is 9.85. The van der Waals surface area contributed by atoms with Crippen LogP contribution >= 0.6 is 38.5 Å². The van der Waals surface area contributed by atoms with Crippen molar-refractivity contribution < 1.29 is 9.31 Å². The van der Waals surface area contributed by atoms with Gasteiger partial charge in [-0.25, -0.2) is 0 Å². The monoisotopic (exact) mass is 345 g/mol. The lowest BCUT2D eigenvalue weighted by Crippen LogP contribution is -1.95. The SMILES string of the molecule is O=[N+]([O-])c1c(Br)ccc(I)c1F. The molecule has 0 spiro atoms. The van der Waals surface area contributed by atoms with E-state index in [1.54, 1.807) is 22.6 Å². The highest BCUT2D eigenvalue weighted by Gasteiger charge is 2.20. The minimum absolute atomic E-state index is 0.158. The summed E-state index contributed by atoms with van der Waals surface area (Å²) < 4.78 is 13.4. The largest absolute Gasteiger partial charge is 0.319 e. The van der Waals surface area contributed by atoms with E-state index < -0.39 is 16.4 Å². The number of hydrogen-bond donors (Lipinski definition) is 0. The third kappa shape index (κ3) is 1.74. The van der Waals surface area contributed by atoms with Gasteiger partial charge in [0.2, 0.25) is 5.82 Å². The van der Waals surface area contributed by atoms with E-state index >= 15 is 0 Å². The molecule has 0 amide bonds. The average Bonchev–Trinajstić information content (AvgIpc) is 1.97. The lowest BCUT2D eigenvalue weighted by molar-refractivity contribution is -0.388. The highest BCUT2D eigenvalue weighted by Crippen LogP contribution is 2.30. The Balaban J connectivity index is 3.43. The Labute approximate surface area is 89.4 Å². The molecule has 0 N–H and O–H groups in total. The molecule has 64 valence electrons. The second-order valence-corrected chi connectivity index (χ2v) is 3.97. The van der Waals surface area contributed by atoms with Gasteiger partial charge >= 0.3 is 5.69 Å². The molecule has 1 rings (SSSR count). The van der Waals surface area contributed by atoms with Crippen LogP contribution in [0.15, 0.2) is 16.6 Å². The predicted octanol–water partition coefficient (Wildman–Crippen LogP) is 3.10. The Kier molecular flexibility index (Phi) is 2.99. The van der Waals surface area contributed by atoms with Crippen LogP contribution in [0.5, 0.6) is 0 Å². The molecule has 0 atom stereocenters. The molecule has 1 aromatic rings. The Morgan fingerprint density at radius 3 is 2.58 bits per heavy atom. The molecule has 0 radical (unpaired) electrons. The van der Waals surface area contributed by atoms with Crippen molar-refractivity contribution in [3.05, 3.63) is 36.1 Å². The van der Waals surface area contributed by atoms with Crippen LogP contribution in [-0.4, -0.2) is 4.92 Å². The Morgan fingerprint density at radius 2 is 2.17 bits per heavy atom. The van der Waals surface area contributed by atoms with Gasteiger partial charge in [-0.05, 0) is 50.7 Å². The molecule has 0 aliphatic rings. The van der Waals surface area contributed by atoms with Crippen LogP contribution in [0.1, 0.15) is 0 Å². The van der Waals surface area contributed by atoms with Crippen molar-refractivity contribution in [1.29, 1.82) is 0 Å². The summed E-state index contributed by atoms with van der Waals surface area (Å²) in [4.78, 5) is 9.58. The van der Waals surface area contributed by atoms with Gasteiger partial charge in [0.15, 0.2) is 0 Å². The van der Waals surface area contributed by atoms with Gasteiger partial charge in [-0.2, -0.15) is 4.39 Å². The summed E-state index contributed by atoms with van der Waals surface area (Å²) >= 11 is 4.60. The summed E-state index contributed by atoms with van der Waals surface area (Å²) in [5, 5.41) is 10.3. The maximum Gasteiger partial charge on any atom is 0.319 e. The number of nitrogens with zero attached hydrogens (tertiary/aromatic N) is 1. The van der Waals surface area contributed by atoms with Crippen LogP contribution in [0.25, 0.3) is 0 Å². The second kappa shape index (κ2) is 3.65. The van der Waals surface area contributed by atoms with Gasteiger partial charge in [0, 0.05) is 0 Å². The predicted molar refractivity (Wildman–Crippen MR) is 53.5 cm³/mol. The highest BCUT2D eigenvalue weighted by molar-refractivity contribution is 14.1. The molecule has 0 unspecified atom stereocenters. The van der Waals surface area contributed by atoms with Crippen LogP contribution in [0.4, 0.5) is 10.1 Å². The molecule has 0 aliphatic heterocycles. The summed E-state index contributed by atoms with van der Waals surface area (Å²) in [6.45, 7) is 0. The molecular formula is C6H2BrFINO2. The maximum atomic E-state index is 13.0. The first-order valence-electron chi connectivity index (χ1n) is 2.82. The van der Waals surface area contributed by atoms with E-state index in [0.29, 0.717) is 0 Å². The van der Waals surface area contributed by atoms with Crippen molar-refractivity contribution in [1.82, 2.24) is 0 Å². The van der Waals surface area contributed by atoms with Crippen LogP contribution in [-0.2, 0) is 0 Å². The molecular weight excluding hydrogens is 344 g/mol. The van der Waals surface area contributed by atoms with Crippen LogP contribution in [0.3, 0.4) is 0 Å². The maximum absolute atomic E-state index is 13.0. The first-order valence-corrected chi connectivity index (χ1v) is 4.69. The summed E-state index contributed by atoms with van der Waals surface area (Å²) in [6, 6.07) is 2.91. The number of nitro groups is 1. The number of benzene rings is 1. The Bertz CT molecular complexity index is 345. The zero-order chi connectivity index (χ0) is 9.30. The molecule has 12 heavy (non-hydrogen) atoms. The van der Waals surface area contributed by atoms with Gasteiger partial charge in [-0.1, -0.05) is 0 Å². The Morgan fingerprint density at radius 1 is 1.58 bits per heavy atom. The molecule has 1 aromatic carbocycles. The number of hydrogen-bond acceptors (Lipinski definition) is 2. The van der Waals surface area contributed by atoms with E-state index in [4.69, 9.17) is 0 Å². The molecule has 6 heteroatoms. The van der Waals surface area contributed by atoms with E-state index in [1.165, 1.54) is 12.1 Å². The molecule has 0 fully saturated rings. The van der Waals surface area contributed by atoms with Gasteiger partial charge in [0.1, 0.15) is 0 Å². The standard InChI is InChI=1S/C6H2BrFINO2/c7-3-1-2-4(9)5(8)6(3)10(11)12/h1-2H. The first-order chi connectivity index (χ1) is 5.54. The van der Waals surface area contributed by atoms with E-state index in [-0.39, 0.29) is 8.04 Å². The second-order valence-electron chi connectivity index (χ2n) is 1.95. The number of halogens is 3. The quantitative estimate of drug-likeness (QED) is 0.340. The van der Waals surface area contributed by atoms with Crippen molar-refractivity contribution in [2.24, 2.45) is 0 Å². The van der Waals surface area contributed by atoms with E-state index in [0.717, 1.165) is 0 Å². The van der Waals surface area contributed by atoms with Gasteiger partial charge < -0.3 is 0 Å². The third-order valence-electron chi connectivity index (χ3n) is 1.20. The van der Waals surface area contributed by atoms with Crippen LogP contribution < -0.4 is 0 Å². The van der Waals surface area contributed by atoms with Crippen molar-refractivity contribution in [3.8, 4) is 0 Å². The van der Waals surface area contributed by atoms with Crippen molar-refractivity contribution in [3.63, 3.8) is 0 Å². The number of nitro benzene ring substituents is 1. The molecule has 0 heterocycles. The van der Waals surface area contributed by atoms with Crippen molar-refractivity contribution in [2.45, 2.75) is 0 Å². The fraction of sp³-hybridized carbons (Fsp3) is 0. The van der Waals surface area contributed by atoms with E-state index in [9.17, 15) is 14.5 Å². The van der Waals surface area contributed by atoms with E-state index in [2.05, 4.69) is 15.9 Å². The van der Waals surface area contributed by atoms with Crippen molar-refractivity contribution >= 4 is 44.2 Å². The lowest BCUT2D eigenvalue weighted by Gasteiger charge is -1.97. The minimum Gasteiger partial charge on any atom is -0.258 e. The summed E-state index contributed by atoms with van der Waals surface area (Å²) in [7, 11) is 0. The molecule has 0 saturated carbocycles. The summed E-state index contributed by atoms with van der Waals surface area (Å²) in [5.41, 5.74) is -0.512. The zero-order valence-electron chi connectivity index (χ0n) is 5.55. The molecule has 0 aliphatic carbocycles. The minimum atomic E-state index is -0.796. The summed E-state index contributed by atoms with van der Waals surface area (Å²) in [5.74, 6) is -0.796. The van der Waals surface area contributed by atoms with Crippen LogP contribution in [0.2, 0.25) is 0 Å². The third-order valence-corrected chi connectivity index (χ3v) is 2.68. The molecule has 0 bridgehead atoms. The highest BCUT2D eigenvalue weighted by atomic mass is 127. The molecule has 0 aromatic heterocycles. The van der Waals surface area contributed by atoms with E-state index in [1.807, 2.05) is 0 Å².